The van der Waals surface area contributed by atoms with Crippen LogP contribution in [-0.2, 0) is 11.3 Å². The molecule has 0 aliphatic carbocycles. The molecule has 26 heavy (non-hydrogen) atoms. The second-order valence-corrected chi connectivity index (χ2v) is 7.82. The molecular weight excluding hydrogens is 390 g/mol. The molecule has 1 heterocycles. The van der Waals surface area contributed by atoms with Crippen molar-refractivity contribution in [3.05, 3.63) is 64.1 Å². The van der Waals surface area contributed by atoms with Crippen LogP contribution < -0.4 is 4.90 Å². The first kappa shape index (κ1) is 18.9. The predicted molar refractivity (Wildman–Crippen MR) is 110 cm³/mol. The highest BCUT2D eigenvalue weighted by atomic mass is 79.9. The van der Waals surface area contributed by atoms with Crippen molar-refractivity contribution in [3.8, 4) is 0 Å². The van der Waals surface area contributed by atoms with E-state index in [1.165, 1.54) is 16.8 Å². The molecule has 1 aliphatic rings. The molecule has 0 unspecified atom stereocenters. The summed E-state index contributed by atoms with van der Waals surface area (Å²) in [4.78, 5) is 19.1. The molecule has 138 valence electrons. The van der Waals surface area contributed by atoms with Gasteiger partial charge < -0.3 is 9.80 Å². The zero-order valence-electron chi connectivity index (χ0n) is 15.5. The molecule has 0 N–H and O–H groups in total. The molecule has 1 saturated heterocycles. The topological polar surface area (TPSA) is 26.8 Å². The number of halogens is 1. The summed E-state index contributed by atoms with van der Waals surface area (Å²) in [6.45, 7) is 6.68. The van der Waals surface area contributed by atoms with Crippen LogP contribution in [0.2, 0.25) is 0 Å². The fourth-order valence-corrected chi connectivity index (χ4v) is 3.75. The molecule has 4 nitrogen and oxygen atoms in total. The smallest absolute Gasteiger partial charge is 0.236 e. The minimum atomic E-state index is 0.212. The fraction of sp³-hybridized carbons (Fsp3) is 0.381. The summed E-state index contributed by atoms with van der Waals surface area (Å²) in [5, 5.41) is 0. The van der Waals surface area contributed by atoms with E-state index in [1.54, 1.807) is 0 Å². The predicted octanol–water partition coefficient (Wildman–Crippen LogP) is 3.54. The molecule has 0 radical (unpaired) electrons. The number of rotatable bonds is 5. The van der Waals surface area contributed by atoms with Gasteiger partial charge in [-0.15, -0.1) is 0 Å². The summed E-state index contributed by atoms with van der Waals surface area (Å²) in [5.74, 6) is 0.212. The first-order chi connectivity index (χ1) is 12.5. The number of piperazine rings is 1. The summed E-state index contributed by atoms with van der Waals surface area (Å²) in [7, 11) is 2.00. The Hall–Kier alpha value is -1.85. The van der Waals surface area contributed by atoms with E-state index in [-0.39, 0.29) is 5.91 Å². The normalized spacial score (nSPS) is 14.8. The van der Waals surface area contributed by atoms with E-state index in [9.17, 15) is 4.79 Å². The van der Waals surface area contributed by atoms with Crippen LogP contribution in [0.4, 0.5) is 5.69 Å². The average Bonchev–Trinajstić information content (AvgIpc) is 2.64. The molecule has 1 aliphatic heterocycles. The lowest BCUT2D eigenvalue weighted by Gasteiger charge is -2.37. The van der Waals surface area contributed by atoms with Gasteiger partial charge in [-0.1, -0.05) is 46.3 Å². The highest BCUT2D eigenvalue weighted by Gasteiger charge is 2.22. The Morgan fingerprint density at radius 3 is 2.50 bits per heavy atom. The number of hydrogen-bond donors (Lipinski definition) is 0. The van der Waals surface area contributed by atoms with Crippen LogP contribution in [0.5, 0.6) is 0 Å². The maximum Gasteiger partial charge on any atom is 0.236 e. The van der Waals surface area contributed by atoms with Crippen molar-refractivity contribution < 1.29 is 4.79 Å². The minimum absolute atomic E-state index is 0.212. The molecule has 5 heteroatoms. The van der Waals surface area contributed by atoms with E-state index in [4.69, 9.17) is 0 Å². The van der Waals surface area contributed by atoms with Gasteiger partial charge in [-0.25, -0.2) is 0 Å². The van der Waals surface area contributed by atoms with Gasteiger partial charge in [-0.05, 0) is 43.3 Å². The molecule has 1 amide bonds. The fourth-order valence-electron chi connectivity index (χ4n) is 3.34. The summed E-state index contributed by atoms with van der Waals surface area (Å²) >= 11 is 3.57. The van der Waals surface area contributed by atoms with Crippen molar-refractivity contribution in [1.82, 2.24) is 9.80 Å². The largest absolute Gasteiger partial charge is 0.368 e. The summed E-state index contributed by atoms with van der Waals surface area (Å²) < 4.78 is 1.09. The Kier molecular flexibility index (Phi) is 6.33. The second kappa shape index (κ2) is 8.69. The third-order valence-corrected chi connectivity index (χ3v) is 5.58. The quantitative estimate of drug-likeness (QED) is 0.746. The maximum atomic E-state index is 12.6. The molecular formula is C21H26BrN3O. The minimum Gasteiger partial charge on any atom is -0.368 e. The van der Waals surface area contributed by atoms with Gasteiger partial charge in [0, 0.05) is 42.9 Å². The summed E-state index contributed by atoms with van der Waals surface area (Å²) in [6, 6.07) is 16.7. The number of carbonyl (C=O) groups excluding carboxylic acids is 1. The number of likely N-dealkylation sites (N-methyl/N-ethyl adjacent to an activating group) is 1. The standard InChI is InChI=1S/C21H26BrN3O/c1-17-6-5-8-19(14-17)24-10-12-25(13-11-24)21(26)16-23(2)15-18-7-3-4-9-20(18)22/h3-9,14H,10-13,15-16H2,1-2H3. The Labute approximate surface area is 164 Å². The van der Waals surface area contributed by atoms with E-state index in [0.29, 0.717) is 6.54 Å². The highest BCUT2D eigenvalue weighted by Crippen LogP contribution is 2.19. The van der Waals surface area contributed by atoms with Crippen LogP contribution in [0.1, 0.15) is 11.1 Å². The van der Waals surface area contributed by atoms with Crippen molar-refractivity contribution in [1.29, 1.82) is 0 Å². The number of hydrogen-bond acceptors (Lipinski definition) is 3. The highest BCUT2D eigenvalue weighted by molar-refractivity contribution is 9.10. The van der Waals surface area contributed by atoms with Crippen molar-refractivity contribution >= 4 is 27.5 Å². The van der Waals surface area contributed by atoms with E-state index in [2.05, 4.69) is 63.0 Å². The molecule has 1 fully saturated rings. The van der Waals surface area contributed by atoms with Crippen LogP contribution in [0.25, 0.3) is 0 Å². The van der Waals surface area contributed by atoms with Crippen molar-refractivity contribution in [2.75, 3.05) is 44.7 Å². The monoisotopic (exact) mass is 415 g/mol. The van der Waals surface area contributed by atoms with Gasteiger partial charge in [0.1, 0.15) is 0 Å². The Morgan fingerprint density at radius 2 is 1.81 bits per heavy atom. The average molecular weight is 416 g/mol. The molecule has 3 rings (SSSR count). The van der Waals surface area contributed by atoms with E-state index >= 15 is 0 Å². The lowest BCUT2D eigenvalue weighted by molar-refractivity contribution is -0.132. The van der Waals surface area contributed by atoms with Crippen molar-refractivity contribution in [2.24, 2.45) is 0 Å². The summed E-state index contributed by atoms with van der Waals surface area (Å²) in [6.07, 6.45) is 0. The molecule has 0 bridgehead atoms. The number of nitrogens with zero attached hydrogens (tertiary/aromatic N) is 3. The maximum absolute atomic E-state index is 12.6. The van der Waals surface area contributed by atoms with Crippen molar-refractivity contribution in [3.63, 3.8) is 0 Å². The second-order valence-electron chi connectivity index (χ2n) is 6.97. The van der Waals surface area contributed by atoms with Gasteiger partial charge in [0.2, 0.25) is 5.91 Å². The first-order valence-corrected chi connectivity index (χ1v) is 9.83. The van der Waals surface area contributed by atoms with Crippen LogP contribution in [0.15, 0.2) is 53.0 Å². The van der Waals surface area contributed by atoms with Crippen LogP contribution in [0, 0.1) is 6.92 Å². The molecule has 2 aromatic rings. The van der Waals surface area contributed by atoms with Crippen molar-refractivity contribution in [2.45, 2.75) is 13.5 Å². The Morgan fingerprint density at radius 1 is 1.08 bits per heavy atom. The molecule has 0 atom stereocenters. The lowest BCUT2D eigenvalue weighted by Crippen LogP contribution is -2.51. The van der Waals surface area contributed by atoms with E-state index in [0.717, 1.165) is 37.2 Å². The lowest BCUT2D eigenvalue weighted by atomic mass is 10.2. The van der Waals surface area contributed by atoms with Gasteiger partial charge in [-0.2, -0.15) is 0 Å². The Balaban J connectivity index is 1.50. The van der Waals surface area contributed by atoms with Gasteiger partial charge in [0.15, 0.2) is 0 Å². The van der Waals surface area contributed by atoms with Crippen LogP contribution >= 0.6 is 15.9 Å². The van der Waals surface area contributed by atoms with E-state index < -0.39 is 0 Å². The van der Waals surface area contributed by atoms with Gasteiger partial charge in [-0.3, -0.25) is 9.69 Å². The van der Waals surface area contributed by atoms with Crippen LogP contribution in [0.3, 0.4) is 0 Å². The molecule has 0 aromatic heterocycles. The van der Waals surface area contributed by atoms with E-state index in [1.807, 2.05) is 30.1 Å². The van der Waals surface area contributed by atoms with Gasteiger partial charge in [0.25, 0.3) is 0 Å². The number of aryl methyl sites for hydroxylation is 1. The Bertz CT molecular complexity index is 756. The molecule has 0 saturated carbocycles. The number of benzene rings is 2. The number of anilines is 1. The zero-order valence-corrected chi connectivity index (χ0v) is 17.1. The summed E-state index contributed by atoms with van der Waals surface area (Å²) in [5.41, 5.74) is 3.73. The first-order valence-electron chi connectivity index (χ1n) is 9.04. The SMILES string of the molecule is Cc1cccc(N2CCN(C(=O)CN(C)Cc3ccccc3Br)CC2)c1. The third-order valence-electron chi connectivity index (χ3n) is 4.80. The van der Waals surface area contributed by atoms with Gasteiger partial charge in [0.05, 0.1) is 6.54 Å². The molecule has 0 spiro atoms. The zero-order chi connectivity index (χ0) is 18.5. The van der Waals surface area contributed by atoms with Gasteiger partial charge >= 0.3 is 0 Å². The van der Waals surface area contributed by atoms with Crippen LogP contribution in [-0.4, -0.2) is 55.5 Å². The number of carbonyl (C=O) groups is 1. The molecule has 2 aromatic carbocycles. The number of amides is 1. The third kappa shape index (κ3) is 4.86.